The van der Waals surface area contributed by atoms with Crippen LogP contribution in [-0.4, -0.2) is 18.3 Å². The maximum atomic E-state index is 10.7. The zero-order valence-electron chi connectivity index (χ0n) is 11.4. The Kier molecular flexibility index (Phi) is 4.11. The number of ether oxygens (including phenoxy) is 2. The highest BCUT2D eigenvalue weighted by atomic mass is 79.9. The standard InChI is InChI=1S/C16H14BrClO3/c1-9-6-10(18)2-3-11(9)16(19)12-7-14-15(8-13(12)17)21-5-4-20-14/h2-3,6-8,16,19H,4-5H2,1H3. The van der Waals surface area contributed by atoms with Gasteiger partial charge >= 0.3 is 0 Å². The van der Waals surface area contributed by atoms with E-state index in [2.05, 4.69) is 15.9 Å². The maximum Gasteiger partial charge on any atom is 0.162 e. The van der Waals surface area contributed by atoms with Crippen LogP contribution in [0.3, 0.4) is 0 Å². The second kappa shape index (κ2) is 5.87. The second-order valence-electron chi connectivity index (χ2n) is 4.92. The van der Waals surface area contributed by atoms with Gasteiger partial charge in [0.15, 0.2) is 11.5 Å². The number of rotatable bonds is 2. The molecule has 3 nitrogen and oxygen atoms in total. The lowest BCUT2D eigenvalue weighted by Gasteiger charge is -2.22. The van der Waals surface area contributed by atoms with E-state index in [1.165, 1.54) is 0 Å². The minimum Gasteiger partial charge on any atom is -0.486 e. The highest BCUT2D eigenvalue weighted by Crippen LogP contribution is 2.40. The Morgan fingerprint density at radius 1 is 1.10 bits per heavy atom. The van der Waals surface area contributed by atoms with E-state index in [0.29, 0.717) is 29.7 Å². The van der Waals surface area contributed by atoms with E-state index >= 15 is 0 Å². The number of aryl methyl sites for hydroxylation is 1. The van der Waals surface area contributed by atoms with Crippen molar-refractivity contribution in [3.05, 3.63) is 56.5 Å². The molecular formula is C16H14BrClO3. The zero-order chi connectivity index (χ0) is 15.0. The molecule has 0 saturated carbocycles. The summed E-state index contributed by atoms with van der Waals surface area (Å²) in [7, 11) is 0. The summed E-state index contributed by atoms with van der Waals surface area (Å²) in [5.74, 6) is 1.35. The van der Waals surface area contributed by atoms with E-state index in [1.807, 2.05) is 31.2 Å². The summed E-state index contributed by atoms with van der Waals surface area (Å²) in [5.41, 5.74) is 2.50. The van der Waals surface area contributed by atoms with Crippen molar-refractivity contribution in [2.75, 3.05) is 13.2 Å². The van der Waals surface area contributed by atoms with Crippen molar-refractivity contribution in [1.82, 2.24) is 0 Å². The van der Waals surface area contributed by atoms with E-state index in [9.17, 15) is 5.11 Å². The van der Waals surface area contributed by atoms with Crippen LogP contribution in [0.5, 0.6) is 11.5 Å². The van der Waals surface area contributed by atoms with E-state index in [-0.39, 0.29) is 0 Å². The van der Waals surface area contributed by atoms with Gasteiger partial charge in [-0.15, -0.1) is 0 Å². The number of hydrogen-bond acceptors (Lipinski definition) is 3. The largest absolute Gasteiger partial charge is 0.486 e. The van der Waals surface area contributed by atoms with Crippen LogP contribution in [0.2, 0.25) is 5.02 Å². The van der Waals surface area contributed by atoms with Crippen molar-refractivity contribution in [3.63, 3.8) is 0 Å². The molecule has 0 fully saturated rings. The summed E-state index contributed by atoms with van der Waals surface area (Å²) in [6.45, 7) is 2.98. The average Bonchev–Trinajstić information content (AvgIpc) is 2.46. The van der Waals surface area contributed by atoms with Crippen LogP contribution in [0.4, 0.5) is 0 Å². The Balaban J connectivity index is 2.03. The van der Waals surface area contributed by atoms with Crippen molar-refractivity contribution < 1.29 is 14.6 Å². The highest BCUT2D eigenvalue weighted by Gasteiger charge is 2.21. The molecule has 1 N–H and O–H groups in total. The van der Waals surface area contributed by atoms with Gasteiger partial charge < -0.3 is 14.6 Å². The Labute approximate surface area is 136 Å². The molecule has 2 aromatic carbocycles. The molecule has 1 heterocycles. The molecule has 0 bridgehead atoms. The molecule has 21 heavy (non-hydrogen) atoms. The summed E-state index contributed by atoms with van der Waals surface area (Å²) >= 11 is 9.46. The number of halogens is 2. The SMILES string of the molecule is Cc1cc(Cl)ccc1C(O)c1cc2c(cc1Br)OCCO2. The number of hydrogen-bond donors (Lipinski definition) is 1. The molecule has 1 unspecified atom stereocenters. The van der Waals surface area contributed by atoms with E-state index in [0.717, 1.165) is 21.2 Å². The van der Waals surface area contributed by atoms with E-state index < -0.39 is 6.10 Å². The fourth-order valence-electron chi connectivity index (χ4n) is 2.40. The minimum absolute atomic E-state index is 0.518. The molecule has 0 saturated heterocycles. The number of aliphatic hydroxyl groups excluding tert-OH is 1. The molecule has 2 aromatic rings. The first kappa shape index (κ1) is 14.7. The number of fused-ring (bicyclic) bond motifs is 1. The van der Waals surface area contributed by atoms with Crippen LogP contribution in [0, 0.1) is 6.92 Å². The van der Waals surface area contributed by atoms with Crippen LogP contribution in [-0.2, 0) is 0 Å². The quantitative estimate of drug-likeness (QED) is 0.859. The van der Waals surface area contributed by atoms with Gasteiger partial charge in [0, 0.05) is 15.1 Å². The van der Waals surface area contributed by atoms with Gasteiger partial charge in [-0.05, 0) is 42.3 Å². The monoisotopic (exact) mass is 368 g/mol. The van der Waals surface area contributed by atoms with Gasteiger partial charge in [-0.2, -0.15) is 0 Å². The van der Waals surface area contributed by atoms with Gasteiger partial charge in [0.25, 0.3) is 0 Å². The third-order valence-electron chi connectivity index (χ3n) is 3.48. The molecule has 0 radical (unpaired) electrons. The lowest BCUT2D eigenvalue weighted by atomic mass is 9.97. The molecular weight excluding hydrogens is 356 g/mol. The predicted molar refractivity (Wildman–Crippen MR) is 85.4 cm³/mol. The molecule has 5 heteroatoms. The molecule has 0 aromatic heterocycles. The lowest BCUT2D eigenvalue weighted by molar-refractivity contribution is 0.169. The van der Waals surface area contributed by atoms with Gasteiger partial charge in [0.2, 0.25) is 0 Å². The third kappa shape index (κ3) is 2.89. The lowest BCUT2D eigenvalue weighted by Crippen LogP contribution is -2.16. The topological polar surface area (TPSA) is 38.7 Å². The molecule has 1 aliphatic rings. The van der Waals surface area contributed by atoms with E-state index in [1.54, 1.807) is 6.07 Å². The molecule has 1 atom stereocenters. The fraction of sp³-hybridized carbons (Fsp3) is 0.250. The van der Waals surface area contributed by atoms with Gasteiger partial charge in [-0.25, -0.2) is 0 Å². The predicted octanol–water partition coefficient (Wildman–Crippen LogP) is 4.26. The summed E-state index contributed by atoms with van der Waals surface area (Å²) in [6, 6.07) is 9.10. The normalized spacial score (nSPS) is 14.9. The van der Waals surface area contributed by atoms with Crippen molar-refractivity contribution >= 4 is 27.5 Å². The molecule has 0 amide bonds. The smallest absolute Gasteiger partial charge is 0.162 e. The van der Waals surface area contributed by atoms with Crippen LogP contribution >= 0.6 is 27.5 Å². The van der Waals surface area contributed by atoms with Gasteiger partial charge in [-0.1, -0.05) is 33.6 Å². The summed E-state index contributed by atoms with van der Waals surface area (Å²) in [5, 5.41) is 11.3. The Hall–Kier alpha value is -1.23. The van der Waals surface area contributed by atoms with Crippen LogP contribution in [0.25, 0.3) is 0 Å². The average molecular weight is 370 g/mol. The Morgan fingerprint density at radius 3 is 2.43 bits per heavy atom. The van der Waals surface area contributed by atoms with Crippen molar-refractivity contribution in [3.8, 4) is 11.5 Å². The number of aliphatic hydroxyl groups is 1. The summed E-state index contributed by atoms with van der Waals surface area (Å²) in [6.07, 6.45) is -0.757. The second-order valence-corrected chi connectivity index (χ2v) is 6.21. The maximum absolute atomic E-state index is 10.7. The molecule has 1 aliphatic heterocycles. The molecule has 0 spiro atoms. The van der Waals surface area contributed by atoms with Gasteiger partial charge in [0.05, 0.1) is 0 Å². The minimum atomic E-state index is -0.757. The van der Waals surface area contributed by atoms with Crippen molar-refractivity contribution in [1.29, 1.82) is 0 Å². The molecule has 3 rings (SSSR count). The fourth-order valence-corrected chi connectivity index (χ4v) is 3.17. The van der Waals surface area contributed by atoms with Crippen molar-refractivity contribution in [2.45, 2.75) is 13.0 Å². The van der Waals surface area contributed by atoms with Gasteiger partial charge in [0.1, 0.15) is 19.3 Å². The zero-order valence-corrected chi connectivity index (χ0v) is 13.7. The highest BCUT2D eigenvalue weighted by molar-refractivity contribution is 9.10. The van der Waals surface area contributed by atoms with Crippen molar-refractivity contribution in [2.24, 2.45) is 0 Å². The third-order valence-corrected chi connectivity index (χ3v) is 4.40. The molecule has 0 aliphatic carbocycles. The van der Waals surface area contributed by atoms with Crippen LogP contribution in [0.15, 0.2) is 34.8 Å². The first-order valence-corrected chi connectivity index (χ1v) is 7.76. The van der Waals surface area contributed by atoms with Crippen LogP contribution < -0.4 is 9.47 Å². The summed E-state index contributed by atoms with van der Waals surface area (Å²) in [4.78, 5) is 0. The first-order valence-electron chi connectivity index (χ1n) is 6.59. The van der Waals surface area contributed by atoms with Crippen LogP contribution in [0.1, 0.15) is 22.8 Å². The summed E-state index contributed by atoms with van der Waals surface area (Å²) < 4.78 is 11.9. The first-order chi connectivity index (χ1) is 10.1. The Morgan fingerprint density at radius 2 is 1.76 bits per heavy atom. The Bertz CT molecular complexity index is 687. The van der Waals surface area contributed by atoms with E-state index in [4.69, 9.17) is 21.1 Å². The molecule has 110 valence electrons. The van der Waals surface area contributed by atoms with Gasteiger partial charge in [-0.3, -0.25) is 0 Å². The number of benzene rings is 2.